The van der Waals surface area contributed by atoms with Crippen LogP contribution in [0.1, 0.15) is 17.0 Å². The molecular formula is C12H12F3N3O. The summed E-state index contributed by atoms with van der Waals surface area (Å²) in [6.07, 6.45) is -2.42. The molecule has 0 fully saturated rings. The van der Waals surface area contributed by atoms with E-state index < -0.39 is 11.7 Å². The van der Waals surface area contributed by atoms with E-state index in [2.05, 4.69) is 20.0 Å². The third kappa shape index (κ3) is 4.06. The molecule has 0 atom stereocenters. The van der Waals surface area contributed by atoms with Gasteiger partial charge in [0.15, 0.2) is 5.82 Å². The summed E-state index contributed by atoms with van der Waals surface area (Å²) in [4.78, 5) is 3.86. The van der Waals surface area contributed by atoms with Crippen molar-refractivity contribution >= 4 is 0 Å². The van der Waals surface area contributed by atoms with E-state index in [9.17, 15) is 13.2 Å². The highest BCUT2D eigenvalue weighted by atomic mass is 19.4. The van der Waals surface area contributed by atoms with E-state index in [0.29, 0.717) is 25.3 Å². The first-order chi connectivity index (χ1) is 9.05. The van der Waals surface area contributed by atoms with Crippen LogP contribution in [0.5, 0.6) is 0 Å². The molecule has 4 nitrogen and oxygen atoms in total. The fourth-order valence-electron chi connectivity index (χ4n) is 1.55. The standard InChI is InChI=1S/C12H12F3N3O/c13-12(14,15)10-3-1-9(2-4-10)7-16-6-5-11-17-8-19-18-11/h1-4,8,16H,5-7H2. The first kappa shape index (κ1) is 13.5. The molecule has 1 aromatic heterocycles. The van der Waals surface area contributed by atoms with Gasteiger partial charge in [0.1, 0.15) is 0 Å². The minimum Gasteiger partial charge on any atom is -0.343 e. The van der Waals surface area contributed by atoms with Crippen LogP contribution in [0.3, 0.4) is 0 Å². The van der Waals surface area contributed by atoms with Crippen LogP contribution in [0.25, 0.3) is 0 Å². The highest BCUT2D eigenvalue weighted by Crippen LogP contribution is 2.28. The Morgan fingerprint density at radius 1 is 1.16 bits per heavy atom. The van der Waals surface area contributed by atoms with Crippen molar-refractivity contribution in [3.8, 4) is 0 Å². The molecule has 0 aliphatic carbocycles. The second-order valence-corrected chi connectivity index (χ2v) is 3.97. The molecule has 0 unspecified atom stereocenters. The summed E-state index contributed by atoms with van der Waals surface area (Å²) in [5.74, 6) is 0.597. The maximum absolute atomic E-state index is 12.3. The van der Waals surface area contributed by atoms with Crippen molar-refractivity contribution in [3.63, 3.8) is 0 Å². The lowest BCUT2D eigenvalue weighted by Gasteiger charge is -2.08. The van der Waals surface area contributed by atoms with E-state index in [1.807, 2.05) is 0 Å². The predicted molar refractivity (Wildman–Crippen MR) is 61.2 cm³/mol. The maximum atomic E-state index is 12.3. The summed E-state index contributed by atoms with van der Waals surface area (Å²) in [5.41, 5.74) is 0.157. The molecule has 0 amide bonds. The minimum atomic E-state index is -4.29. The van der Waals surface area contributed by atoms with E-state index >= 15 is 0 Å². The molecule has 0 aliphatic heterocycles. The molecular weight excluding hydrogens is 259 g/mol. The predicted octanol–water partition coefficient (Wildman–Crippen LogP) is 2.42. The van der Waals surface area contributed by atoms with Crippen LogP contribution in [0.2, 0.25) is 0 Å². The highest BCUT2D eigenvalue weighted by Gasteiger charge is 2.29. The Balaban J connectivity index is 1.77. The Morgan fingerprint density at radius 2 is 1.89 bits per heavy atom. The van der Waals surface area contributed by atoms with Crippen molar-refractivity contribution in [2.75, 3.05) is 6.54 Å². The van der Waals surface area contributed by atoms with Gasteiger partial charge in [0.25, 0.3) is 0 Å². The number of hydrogen-bond donors (Lipinski definition) is 1. The van der Waals surface area contributed by atoms with Gasteiger partial charge in [0, 0.05) is 19.5 Å². The Labute approximate surface area is 107 Å². The van der Waals surface area contributed by atoms with Gasteiger partial charge in [-0.2, -0.15) is 18.2 Å². The van der Waals surface area contributed by atoms with Crippen molar-refractivity contribution in [1.29, 1.82) is 0 Å². The average molecular weight is 271 g/mol. The van der Waals surface area contributed by atoms with Gasteiger partial charge in [-0.3, -0.25) is 0 Å². The number of nitrogens with one attached hydrogen (secondary N) is 1. The molecule has 0 saturated heterocycles. The zero-order valence-corrected chi connectivity index (χ0v) is 9.94. The van der Waals surface area contributed by atoms with Crippen molar-refractivity contribution in [2.45, 2.75) is 19.1 Å². The van der Waals surface area contributed by atoms with Gasteiger partial charge in [0.2, 0.25) is 6.39 Å². The van der Waals surface area contributed by atoms with Crippen molar-refractivity contribution in [3.05, 3.63) is 47.6 Å². The largest absolute Gasteiger partial charge is 0.416 e. The van der Waals surface area contributed by atoms with E-state index in [1.54, 1.807) is 0 Å². The van der Waals surface area contributed by atoms with Crippen LogP contribution in [0, 0.1) is 0 Å². The van der Waals surface area contributed by atoms with Gasteiger partial charge in [-0.1, -0.05) is 17.3 Å². The number of alkyl halides is 3. The summed E-state index contributed by atoms with van der Waals surface area (Å²) >= 11 is 0. The molecule has 0 saturated carbocycles. The van der Waals surface area contributed by atoms with Crippen LogP contribution >= 0.6 is 0 Å². The second kappa shape index (κ2) is 5.83. The Morgan fingerprint density at radius 3 is 2.47 bits per heavy atom. The molecule has 2 rings (SSSR count). The normalized spacial score (nSPS) is 11.7. The molecule has 102 valence electrons. The zero-order valence-electron chi connectivity index (χ0n) is 9.94. The van der Waals surface area contributed by atoms with Crippen molar-refractivity contribution in [2.24, 2.45) is 0 Å². The molecule has 0 aliphatic rings. The van der Waals surface area contributed by atoms with Crippen LogP contribution < -0.4 is 5.32 Å². The SMILES string of the molecule is FC(F)(F)c1ccc(CNCCc2ncon2)cc1. The second-order valence-electron chi connectivity index (χ2n) is 3.97. The third-order valence-electron chi connectivity index (χ3n) is 2.54. The van der Waals surface area contributed by atoms with Gasteiger partial charge in [0.05, 0.1) is 5.56 Å². The fraction of sp³-hybridized carbons (Fsp3) is 0.333. The monoisotopic (exact) mass is 271 g/mol. The average Bonchev–Trinajstić information content (AvgIpc) is 2.87. The summed E-state index contributed by atoms with van der Waals surface area (Å²) < 4.78 is 41.6. The van der Waals surface area contributed by atoms with Crippen molar-refractivity contribution in [1.82, 2.24) is 15.5 Å². The Kier molecular flexibility index (Phi) is 4.16. The molecule has 2 aromatic rings. The number of benzene rings is 1. The number of rotatable bonds is 5. The molecule has 19 heavy (non-hydrogen) atoms. The zero-order chi connectivity index (χ0) is 13.7. The van der Waals surface area contributed by atoms with Gasteiger partial charge >= 0.3 is 6.18 Å². The summed E-state index contributed by atoms with van der Waals surface area (Å²) in [7, 11) is 0. The maximum Gasteiger partial charge on any atom is 0.416 e. The molecule has 0 bridgehead atoms. The smallest absolute Gasteiger partial charge is 0.343 e. The fourth-order valence-corrected chi connectivity index (χ4v) is 1.55. The summed E-state index contributed by atoms with van der Waals surface area (Å²) in [6.45, 7) is 1.12. The van der Waals surface area contributed by atoms with Crippen LogP contribution in [-0.2, 0) is 19.1 Å². The first-order valence-electron chi connectivity index (χ1n) is 5.68. The van der Waals surface area contributed by atoms with Gasteiger partial charge in [-0.25, -0.2) is 0 Å². The van der Waals surface area contributed by atoms with Gasteiger partial charge < -0.3 is 9.84 Å². The lowest BCUT2D eigenvalue weighted by molar-refractivity contribution is -0.137. The quantitative estimate of drug-likeness (QED) is 0.848. The number of halogens is 3. The number of hydrogen-bond acceptors (Lipinski definition) is 4. The number of aromatic nitrogens is 2. The van der Waals surface area contributed by atoms with Crippen LogP contribution in [0.15, 0.2) is 35.2 Å². The Bertz CT molecular complexity index is 494. The van der Waals surface area contributed by atoms with Crippen molar-refractivity contribution < 1.29 is 17.7 Å². The Hall–Kier alpha value is -1.89. The van der Waals surface area contributed by atoms with E-state index in [0.717, 1.165) is 17.7 Å². The van der Waals surface area contributed by atoms with E-state index in [4.69, 9.17) is 0 Å². The lowest BCUT2D eigenvalue weighted by atomic mass is 10.1. The number of nitrogens with zero attached hydrogens (tertiary/aromatic N) is 2. The van der Waals surface area contributed by atoms with Crippen LogP contribution in [0.4, 0.5) is 13.2 Å². The molecule has 1 heterocycles. The molecule has 0 spiro atoms. The molecule has 1 N–H and O–H groups in total. The van der Waals surface area contributed by atoms with E-state index in [1.165, 1.54) is 18.5 Å². The summed E-state index contributed by atoms with van der Waals surface area (Å²) in [6, 6.07) is 5.08. The first-order valence-corrected chi connectivity index (χ1v) is 5.68. The molecule has 0 radical (unpaired) electrons. The van der Waals surface area contributed by atoms with Gasteiger partial charge in [-0.05, 0) is 17.7 Å². The molecule has 7 heteroatoms. The van der Waals surface area contributed by atoms with E-state index in [-0.39, 0.29) is 0 Å². The topological polar surface area (TPSA) is 51.0 Å². The lowest BCUT2D eigenvalue weighted by Crippen LogP contribution is -2.17. The molecule has 1 aromatic carbocycles. The highest BCUT2D eigenvalue weighted by molar-refractivity contribution is 5.24. The van der Waals surface area contributed by atoms with Crippen LogP contribution in [-0.4, -0.2) is 16.7 Å². The minimum absolute atomic E-state index is 0.496. The van der Waals surface area contributed by atoms with Gasteiger partial charge in [-0.15, -0.1) is 0 Å². The third-order valence-corrected chi connectivity index (χ3v) is 2.54. The summed E-state index contributed by atoms with van der Waals surface area (Å²) in [5, 5.41) is 6.74.